The van der Waals surface area contributed by atoms with Crippen molar-refractivity contribution in [3.05, 3.63) is 348 Å². The molecule has 0 unspecified atom stereocenters. The molecule has 0 spiro atoms. The van der Waals surface area contributed by atoms with E-state index in [1.54, 1.807) is 0 Å². The fourth-order valence-electron chi connectivity index (χ4n) is 15.8. The quantitative estimate of drug-likeness (QED) is 0.114. The van der Waals surface area contributed by atoms with E-state index in [1.807, 2.05) is 22.7 Å². The minimum absolute atomic E-state index is 1.11. The van der Waals surface area contributed by atoms with E-state index in [4.69, 9.17) is 0 Å². The summed E-state index contributed by atoms with van der Waals surface area (Å²) in [5.41, 5.74) is 25.8. The van der Waals surface area contributed by atoms with Gasteiger partial charge in [0.25, 0.3) is 0 Å². The molecule has 102 heavy (non-hydrogen) atoms. The van der Waals surface area contributed by atoms with E-state index in [-0.39, 0.29) is 0 Å². The van der Waals surface area contributed by atoms with Gasteiger partial charge in [0.05, 0.1) is 0 Å². The van der Waals surface area contributed by atoms with Gasteiger partial charge in [0, 0.05) is 109 Å². The first-order valence-corrected chi connectivity index (χ1v) is 36.9. The van der Waals surface area contributed by atoms with Gasteiger partial charge in [-0.2, -0.15) is 0 Å². The molecule has 490 valence electrons. The first kappa shape index (κ1) is 62.5. The second-order valence-electron chi connectivity index (χ2n) is 27.9. The molecule has 0 fully saturated rings. The van der Waals surface area contributed by atoms with Crippen LogP contribution >= 0.6 is 22.7 Å². The molecule has 0 N–H and O–H groups in total. The van der Waals surface area contributed by atoms with Gasteiger partial charge in [0.2, 0.25) is 0 Å². The van der Waals surface area contributed by atoms with Crippen LogP contribution in [0.4, 0.5) is 68.2 Å². The lowest BCUT2D eigenvalue weighted by molar-refractivity contribution is 1.26. The zero-order valence-electron chi connectivity index (χ0n) is 58.5. The fraction of sp³-hybridized carbons (Fsp3) is 0.0833. The molecule has 0 aliphatic heterocycles. The van der Waals surface area contributed by atoms with Crippen molar-refractivity contribution in [3.8, 4) is 11.1 Å². The molecular weight excluding hydrogens is 1270 g/mol. The average molecular weight is 1350 g/mol. The van der Waals surface area contributed by atoms with Crippen LogP contribution in [0.2, 0.25) is 0 Å². The van der Waals surface area contributed by atoms with Crippen LogP contribution in [0.25, 0.3) is 94.6 Å². The highest BCUT2D eigenvalue weighted by molar-refractivity contribution is 7.26. The number of anilines is 12. The number of hydrogen-bond acceptors (Lipinski definition) is 6. The van der Waals surface area contributed by atoms with Crippen LogP contribution < -0.4 is 19.6 Å². The van der Waals surface area contributed by atoms with E-state index in [1.165, 1.54) is 139 Å². The van der Waals surface area contributed by atoms with Crippen molar-refractivity contribution in [2.24, 2.45) is 0 Å². The van der Waals surface area contributed by atoms with Gasteiger partial charge in [-0.3, -0.25) is 0 Å². The van der Waals surface area contributed by atoms with Gasteiger partial charge in [-0.05, 0) is 313 Å². The largest absolute Gasteiger partial charge is 0.310 e. The molecule has 0 atom stereocenters. The molecule has 2 aromatic heterocycles. The molecule has 0 saturated heterocycles. The monoisotopic (exact) mass is 1350 g/mol. The average Bonchev–Trinajstić information content (AvgIpc) is 1.55. The number of nitrogens with zero attached hydrogens (tertiary/aromatic N) is 4. The molecule has 2 heterocycles. The van der Waals surface area contributed by atoms with Gasteiger partial charge in [0.15, 0.2) is 0 Å². The van der Waals surface area contributed by atoms with Crippen molar-refractivity contribution >= 4 is 174 Å². The van der Waals surface area contributed by atoms with E-state index < -0.39 is 0 Å². The summed E-state index contributed by atoms with van der Waals surface area (Å²) < 4.78 is 5.18. The Morgan fingerprint density at radius 1 is 0.186 bits per heavy atom. The topological polar surface area (TPSA) is 13.0 Å². The minimum Gasteiger partial charge on any atom is -0.310 e. The summed E-state index contributed by atoms with van der Waals surface area (Å²) in [5, 5.41) is 15.2. The van der Waals surface area contributed by atoms with Gasteiger partial charge in [-0.1, -0.05) is 145 Å². The summed E-state index contributed by atoms with van der Waals surface area (Å²) in [6.45, 7) is 17.5. The van der Waals surface area contributed by atoms with Crippen molar-refractivity contribution in [1.82, 2.24) is 0 Å². The first-order chi connectivity index (χ1) is 49.8. The number of benzene rings is 16. The molecule has 16 aromatic carbocycles. The van der Waals surface area contributed by atoms with E-state index in [9.17, 15) is 0 Å². The van der Waals surface area contributed by atoms with Crippen molar-refractivity contribution < 1.29 is 0 Å². The second kappa shape index (κ2) is 25.1. The maximum Gasteiger partial charge on any atom is 0.0468 e. The standard InChI is InChI=1S/C96H74N4S2/c1-59-21-29-71(30-22-59)97(73-17-9-13-61(3)49-73)79-35-41-85-67(55-79)25-45-89-93(85)94-86-42-36-80(56-68(86)26-46-90(94)101-89)98(72-31-23-60(2)24-32-72)77-33-39-83(65(7)53-77)84-40-34-78(54-66(84)8)100(76-20-12-16-64(6)52-76)82-38-44-88-70(58-82)28-48-92-96(88)95-87-43-37-81(57-69(87)27-47-91(95)102-92)99(74-18-10-14-62(4)50-74)75-19-11-15-63(5)51-75/h9-58H,1-8H3. The highest BCUT2D eigenvalue weighted by atomic mass is 32.1. The van der Waals surface area contributed by atoms with Crippen LogP contribution in [0.15, 0.2) is 303 Å². The summed E-state index contributed by atoms with van der Waals surface area (Å²) in [6, 6.07) is 114. The molecule has 0 amide bonds. The third kappa shape index (κ3) is 11.1. The van der Waals surface area contributed by atoms with Crippen molar-refractivity contribution in [1.29, 1.82) is 0 Å². The smallest absolute Gasteiger partial charge is 0.0468 e. The lowest BCUT2D eigenvalue weighted by atomic mass is 9.94. The van der Waals surface area contributed by atoms with Crippen LogP contribution in [-0.2, 0) is 0 Å². The maximum absolute atomic E-state index is 2.43. The van der Waals surface area contributed by atoms with E-state index in [0.717, 1.165) is 68.2 Å². The normalized spacial score (nSPS) is 11.7. The predicted molar refractivity (Wildman–Crippen MR) is 444 cm³/mol. The highest BCUT2D eigenvalue weighted by Crippen LogP contribution is 2.50. The van der Waals surface area contributed by atoms with Crippen LogP contribution in [0, 0.1) is 55.4 Å². The molecule has 0 aliphatic carbocycles. The van der Waals surface area contributed by atoms with Crippen molar-refractivity contribution in [2.75, 3.05) is 19.6 Å². The predicted octanol–water partition coefficient (Wildman–Crippen LogP) is 29.0. The van der Waals surface area contributed by atoms with Crippen LogP contribution in [0.5, 0.6) is 0 Å². The molecule has 6 heteroatoms. The van der Waals surface area contributed by atoms with E-state index >= 15 is 0 Å². The first-order valence-electron chi connectivity index (χ1n) is 35.2. The second-order valence-corrected chi connectivity index (χ2v) is 30.1. The summed E-state index contributed by atoms with van der Waals surface area (Å²) >= 11 is 3.77. The summed E-state index contributed by atoms with van der Waals surface area (Å²) in [6.07, 6.45) is 0. The summed E-state index contributed by atoms with van der Waals surface area (Å²) in [7, 11) is 0. The Morgan fingerprint density at radius 3 is 0.686 bits per heavy atom. The molecular formula is C96H74N4S2. The Hall–Kier alpha value is -11.8. The molecule has 0 bridgehead atoms. The third-order valence-electron chi connectivity index (χ3n) is 20.7. The Bertz CT molecular complexity index is 6350. The Labute approximate surface area is 604 Å². The number of aryl methyl sites for hydroxylation is 8. The molecule has 0 aliphatic rings. The Morgan fingerprint density at radius 2 is 0.422 bits per heavy atom. The number of hydrogen-bond donors (Lipinski definition) is 0. The Balaban J connectivity index is 0.682. The zero-order valence-corrected chi connectivity index (χ0v) is 60.1. The zero-order chi connectivity index (χ0) is 69.0. The van der Waals surface area contributed by atoms with Crippen LogP contribution in [-0.4, -0.2) is 0 Å². The van der Waals surface area contributed by atoms with Crippen LogP contribution in [0.1, 0.15) is 44.5 Å². The van der Waals surface area contributed by atoms with Gasteiger partial charge in [-0.15, -0.1) is 22.7 Å². The van der Waals surface area contributed by atoms with Crippen molar-refractivity contribution in [3.63, 3.8) is 0 Å². The molecule has 18 rings (SSSR count). The van der Waals surface area contributed by atoms with Gasteiger partial charge >= 0.3 is 0 Å². The SMILES string of the molecule is Cc1ccc(N(c2cccc(C)c2)c2ccc3c(ccc4sc5ccc6cc(N(c7ccc(C)cc7)c7ccc(-c8ccc(N(c9cccc(C)c9)c9ccc%10c(ccc%11sc%12ccc%13cc(N(c%14cccc(C)c%14)c%14cccc(C)c%14)ccc%13c%12c%11%10)c9)cc8C)c(C)c7)ccc6c5c43)c2)cc1. The van der Waals surface area contributed by atoms with Gasteiger partial charge in [-0.25, -0.2) is 0 Å². The number of fused-ring (bicyclic) bond motifs is 14. The highest BCUT2D eigenvalue weighted by Gasteiger charge is 2.23. The van der Waals surface area contributed by atoms with Gasteiger partial charge in [0.1, 0.15) is 0 Å². The summed E-state index contributed by atoms with van der Waals surface area (Å²) in [5.74, 6) is 0. The van der Waals surface area contributed by atoms with E-state index in [0.29, 0.717) is 0 Å². The molecule has 0 saturated carbocycles. The lowest BCUT2D eigenvalue weighted by Gasteiger charge is -2.28. The minimum atomic E-state index is 1.11. The fourth-order valence-corrected chi connectivity index (χ4v) is 18.1. The Kier molecular flexibility index (Phi) is 15.4. The molecule has 0 radical (unpaired) electrons. The number of rotatable bonds is 13. The van der Waals surface area contributed by atoms with Crippen molar-refractivity contribution in [2.45, 2.75) is 55.4 Å². The van der Waals surface area contributed by atoms with Crippen LogP contribution in [0.3, 0.4) is 0 Å². The lowest BCUT2D eigenvalue weighted by Crippen LogP contribution is -2.11. The molecule has 4 nitrogen and oxygen atoms in total. The molecule has 18 aromatic rings. The van der Waals surface area contributed by atoms with Gasteiger partial charge < -0.3 is 19.6 Å². The van der Waals surface area contributed by atoms with E-state index in [2.05, 4.69) is 378 Å². The third-order valence-corrected chi connectivity index (χ3v) is 22.9. The maximum atomic E-state index is 2.43. The number of thiophene rings is 2. The summed E-state index contributed by atoms with van der Waals surface area (Å²) in [4.78, 5) is 9.62.